The van der Waals surface area contributed by atoms with Crippen molar-refractivity contribution in [2.24, 2.45) is 51.8 Å². The van der Waals surface area contributed by atoms with Crippen molar-refractivity contribution in [1.29, 1.82) is 0 Å². The van der Waals surface area contributed by atoms with Crippen LogP contribution in [0.5, 0.6) is 0 Å². The average Bonchev–Trinajstić information content (AvgIpc) is 3.03. The van der Waals surface area contributed by atoms with Crippen molar-refractivity contribution in [2.75, 3.05) is 0 Å². The lowest BCUT2D eigenvalue weighted by Crippen LogP contribution is -2.81. The Kier molecular flexibility index (Phi) is 4.97. The summed E-state index contributed by atoms with van der Waals surface area (Å²) in [5.74, 6) is 2.06. The first-order valence-corrected chi connectivity index (χ1v) is 13.2. The molecule has 0 aromatic heterocycles. The summed E-state index contributed by atoms with van der Waals surface area (Å²) < 4.78 is 0. The van der Waals surface area contributed by atoms with Gasteiger partial charge in [-0.3, -0.25) is 4.79 Å². The molecule has 0 aromatic carbocycles. The fourth-order valence-electron chi connectivity index (χ4n) is 11.0. The summed E-state index contributed by atoms with van der Waals surface area (Å²) in [6.45, 7) is 9.55. The molecule has 6 fully saturated rings. The Labute approximate surface area is 188 Å². The number of hydrogen-bond acceptors (Lipinski definition) is 3. The molecule has 11 unspecified atom stereocenters. The first-order valence-electron chi connectivity index (χ1n) is 13.2. The number of carbonyl (C=O) groups is 1. The van der Waals surface area contributed by atoms with Gasteiger partial charge in [0.1, 0.15) is 0 Å². The number of hydrogen-bond donors (Lipinski definition) is 3. The Morgan fingerprint density at radius 1 is 1.10 bits per heavy atom. The second kappa shape index (κ2) is 6.95. The van der Waals surface area contributed by atoms with Crippen LogP contribution in [0, 0.1) is 51.8 Å². The van der Waals surface area contributed by atoms with Crippen LogP contribution in [0.1, 0.15) is 98.3 Å². The molecule has 2 bridgehead atoms. The molecular weight excluding hydrogens is 388 g/mol. The highest BCUT2D eigenvalue weighted by Crippen LogP contribution is 2.84. The molecular formula is C27H44O4. The zero-order chi connectivity index (χ0) is 22.4. The van der Waals surface area contributed by atoms with Crippen LogP contribution < -0.4 is 0 Å². The number of aliphatic carboxylic acids is 1. The molecule has 31 heavy (non-hydrogen) atoms. The highest BCUT2D eigenvalue weighted by molar-refractivity contribution is 5.66. The van der Waals surface area contributed by atoms with Crippen LogP contribution in [-0.4, -0.2) is 33.0 Å². The van der Waals surface area contributed by atoms with Gasteiger partial charge in [-0.25, -0.2) is 0 Å². The summed E-state index contributed by atoms with van der Waals surface area (Å²) in [7, 11) is 0. The van der Waals surface area contributed by atoms with Gasteiger partial charge in [0, 0.05) is 6.42 Å². The SMILES string of the molecule is CCC1C2CC(O)CCC2(C)C23CCC4(C)C(C(C)CCC(=O)O)CCC4C2C1(O)C3. The number of carboxylic acid groups (broad SMARTS) is 1. The number of aliphatic hydroxyl groups is 2. The summed E-state index contributed by atoms with van der Waals surface area (Å²) >= 11 is 0. The zero-order valence-electron chi connectivity index (χ0n) is 20.1. The topological polar surface area (TPSA) is 77.8 Å². The number of fused-ring (bicyclic) bond motifs is 1. The molecule has 0 amide bonds. The normalized spacial score (nSPS) is 56.1. The van der Waals surface area contributed by atoms with E-state index in [0.717, 1.165) is 38.5 Å². The van der Waals surface area contributed by atoms with E-state index in [9.17, 15) is 20.1 Å². The first-order chi connectivity index (χ1) is 14.5. The van der Waals surface area contributed by atoms with Gasteiger partial charge in [0.15, 0.2) is 0 Å². The van der Waals surface area contributed by atoms with Crippen LogP contribution in [0.4, 0.5) is 0 Å². The Morgan fingerprint density at radius 3 is 2.52 bits per heavy atom. The third-order valence-electron chi connectivity index (χ3n) is 12.3. The molecule has 176 valence electrons. The maximum Gasteiger partial charge on any atom is 0.303 e. The van der Waals surface area contributed by atoms with E-state index in [1.54, 1.807) is 0 Å². The summed E-state index contributed by atoms with van der Waals surface area (Å²) in [5.41, 5.74) is 0.176. The first kappa shape index (κ1) is 22.2. The van der Waals surface area contributed by atoms with Crippen molar-refractivity contribution in [3.05, 3.63) is 0 Å². The molecule has 0 aromatic rings. The maximum absolute atomic E-state index is 12.2. The van der Waals surface area contributed by atoms with Crippen LogP contribution in [0.15, 0.2) is 0 Å². The van der Waals surface area contributed by atoms with Gasteiger partial charge in [-0.15, -0.1) is 0 Å². The molecule has 6 rings (SSSR count). The largest absolute Gasteiger partial charge is 0.481 e. The predicted molar refractivity (Wildman–Crippen MR) is 120 cm³/mol. The van der Waals surface area contributed by atoms with E-state index in [1.807, 2.05) is 0 Å². The van der Waals surface area contributed by atoms with Crippen molar-refractivity contribution < 1.29 is 20.1 Å². The van der Waals surface area contributed by atoms with Gasteiger partial charge in [-0.2, -0.15) is 0 Å². The summed E-state index contributed by atoms with van der Waals surface area (Å²) in [5, 5.41) is 31.9. The smallest absolute Gasteiger partial charge is 0.303 e. The molecule has 1 spiro atoms. The van der Waals surface area contributed by atoms with E-state index in [0.29, 0.717) is 35.5 Å². The quantitative estimate of drug-likeness (QED) is 0.554. The van der Waals surface area contributed by atoms with Crippen LogP contribution in [0.2, 0.25) is 0 Å². The molecule has 4 heteroatoms. The third kappa shape index (κ3) is 2.64. The Balaban J connectivity index is 1.48. The molecule has 0 saturated heterocycles. The average molecular weight is 433 g/mol. The fourth-order valence-corrected chi connectivity index (χ4v) is 11.0. The lowest BCUT2D eigenvalue weighted by Gasteiger charge is -2.82. The number of rotatable bonds is 5. The number of aliphatic hydroxyl groups excluding tert-OH is 1. The zero-order valence-corrected chi connectivity index (χ0v) is 20.1. The van der Waals surface area contributed by atoms with Crippen molar-refractivity contribution in [3.8, 4) is 0 Å². The van der Waals surface area contributed by atoms with E-state index >= 15 is 0 Å². The minimum Gasteiger partial charge on any atom is -0.481 e. The Morgan fingerprint density at radius 2 is 1.84 bits per heavy atom. The van der Waals surface area contributed by atoms with Gasteiger partial charge >= 0.3 is 5.97 Å². The monoisotopic (exact) mass is 432 g/mol. The molecule has 3 N–H and O–H groups in total. The minimum atomic E-state index is -0.679. The Hall–Kier alpha value is -0.610. The van der Waals surface area contributed by atoms with Crippen molar-refractivity contribution in [3.63, 3.8) is 0 Å². The molecule has 6 saturated carbocycles. The lowest BCUT2D eigenvalue weighted by molar-refractivity contribution is -0.380. The van der Waals surface area contributed by atoms with Gasteiger partial charge in [0.05, 0.1) is 11.7 Å². The molecule has 0 aliphatic heterocycles. The summed E-state index contributed by atoms with van der Waals surface area (Å²) in [6, 6.07) is 0. The van der Waals surface area contributed by atoms with Gasteiger partial charge in [-0.05, 0) is 110 Å². The Bertz CT molecular complexity index is 752. The maximum atomic E-state index is 12.2. The van der Waals surface area contributed by atoms with Crippen LogP contribution in [0.25, 0.3) is 0 Å². The third-order valence-corrected chi connectivity index (χ3v) is 12.3. The summed E-state index contributed by atoms with van der Waals surface area (Å²) in [4.78, 5) is 11.2. The second-order valence-electron chi connectivity index (χ2n) is 13.0. The second-order valence-corrected chi connectivity index (χ2v) is 13.0. The molecule has 6 aliphatic rings. The van der Waals surface area contributed by atoms with E-state index in [1.165, 1.54) is 25.7 Å². The van der Waals surface area contributed by atoms with Crippen molar-refractivity contribution in [1.82, 2.24) is 0 Å². The van der Waals surface area contributed by atoms with Gasteiger partial charge in [0.2, 0.25) is 0 Å². The predicted octanol–water partition coefficient (Wildman–Crippen LogP) is 5.26. The van der Waals surface area contributed by atoms with E-state index in [-0.39, 0.29) is 28.8 Å². The van der Waals surface area contributed by atoms with E-state index in [2.05, 4.69) is 27.7 Å². The van der Waals surface area contributed by atoms with E-state index in [4.69, 9.17) is 0 Å². The molecule has 6 aliphatic carbocycles. The molecule has 0 heterocycles. The van der Waals surface area contributed by atoms with E-state index < -0.39 is 11.6 Å². The van der Waals surface area contributed by atoms with Crippen LogP contribution in [0.3, 0.4) is 0 Å². The molecule has 11 atom stereocenters. The van der Waals surface area contributed by atoms with Crippen molar-refractivity contribution in [2.45, 2.75) is 110 Å². The highest BCUT2D eigenvalue weighted by Gasteiger charge is 2.82. The minimum absolute atomic E-state index is 0.192. The summed E-state index contributed by atoms with van der Waals surface area (Å²) in [6.07, 6.45) is 10.6. The van der Waals surface area contributed by atoms with Gasteiger partial charge in [0.25, 0.3) is 0 Å². The molecule has 4 nitrogen and oxygen atoms in total. The van der Waals surface area contributed by atoms with Crippen molar-refractivity contribution >= 4 is 5.97 Å². The van der Waals surface area contributed by atoms with Crippen LogP contribution in [-0.2, 0) is 4.79 Å². The fraction of sp³-hybridized carbons (Fsp3) is 0.963. The molecule has 0 radical (unpaired) electrons. The lowest BCUT2D eigenvalue weighted by atomic mass is 9.24. The van der Waals surface area contributed by atoms with Crippen LogP contribution >= 0.6 is 0 Å². The van der Waals surface area contributed by atoms with Gasteiger partial charge < -0.3 is 15.3 Å². The highest BCUT2D eigenvalue weighted by atomic mass is 16.4. The number of carboxylic acids is 1. The standard InChI is InChI=1S/C27H44O4/c1-5-18-21-14-17(28)10-11-25(21,4)26-13-12-24(3)19(16(2)6-9-22(29)30)7-8-20(24)23(26)27(18,31)15-26/h16-21,23,28,31H,5-15H2,1-4H3,(H,29,30). The van der Waals surface area contributed by atoms with Gasteiger partial charge in [-0.1, -0.05) is 34.1 Å².